The summed E-state index contributed by atoms with van der Waals surface area (Å²) in [7, 11) is -5.24. The van der Waals surface area contributed by atoms with Crippen molar-refractivity contribution in [2.45, 2.75) is 173 Å². The molecular weight excluding hydrogens is 735 g/mol. The summed E-state index contributed by atoms with van der Waals surface area (Å²) in [6.07, 6.45) is 14.5. The molecule has 306 valence electrons. The molecule has 2 fully saturated rings. The third-order valence-electron chi connectivity index (χ3n) is 10.5. The second kappa shape index (κ2) is 20.5. The number of azide groups is 1. The molecule has 1 amide bonds. The Balaban J connectivity index is 1.35. The van der Waals surface area contributed by atoms with Gasteiger partial charge in [-0.3, -0.25) is 28.2 Å². The van der Waals surface area contributed by atoms with Crippen LogP contribution in [0.4, 0.5) is 5.82 Å². The zero-order chi connectivity index (χ0) is 40.2. The summed E-state index contributed by atoms with van der Waals surface area (Å²) in [4.78, 5) is 79.7. The number of hydrogen-bond donors (Lipinski definition) is 4. The van der Waals surface area contributed by atoms with Crippen LogP contribution in [-0.4, -0.2) is 58.6 Å². The number of unbranched alkanes of at least 4 members (excludes halogenated alkanes) is 12. The predicted octanol–water partition coefficient (Wildman–Crippen LogP) is 6.34. The van der Waals surface area contributed by atoms with E-state index < -0.39 is 61.1 Å². The van der Waals surface area contributed by atoms with Crippen LogP contribution in [0.5, 0.6) is 0 Å². The first kappa shape index (κ1) is 44.1. The van der Waals surface area contributed by atoms with E-state index in [0.29, 0.717) is 12.0 Å². The molecule has 0 radical (unpaired) electrons. The normalized spacial score (nSPS) is 22.3. The van der Waals surface area contributed by atoms with Gasteiger partial charge < -0.3 is 24.6 Å². The number of rotatable bonds is 22. The molecule has 2 aliphatic rings. The lowest BCUT2D eigenvalue weighted by Crippen LogP contribution is -2.54. The van der Waals surface area contributed by atoms with E-state index in [2.05, 4.69) is 32.2 Å². The summed E-state index contributed by atoms with van der Waals surface area (Å²) in [5.74, 6) is -0.0948. The van der Waals surface area contributed by atoms with Crippen LogP contribution in [-0.2, 0) is 23.4 Å². The number of hydrogen-bond acceptors (Lipinski definition) is 10. The van der Waals surface area contributed by atoms with Gasteiger partial charge in [0.15, 0.2) is 0 Å². The van der Waals surface area contributed by atoms with Crippen molar-refractivity contribution in [3.8, 4) is 0 Å². The third kappa shape index (κ3) is 12.4. The molecule has 4 N–H and O–H groups in total. The number of carbonyl (C=O) groups excluding carboxylic acids is 1. The summed E-state index contributed by atoms with van der Waals surface area (Å²) >= 11 is 0. The van der Waals surface area contributed by atoms with Crippen LogP contribution < -0.4 is 22.3 Å². The molecule has 55 heavy (non-hydrogen) atoms. The van der Waals surface area contributed by atoms with E-state index >= 15 is 0 Å². The minimum Gasteiger partial charge on any atom is -0.352 e. The van der Waals surface area contributed by atoms with E-state index in [-0.39, 0.29) is 36.6 Å². The molecule has 0 aromatic carbocycles. The fraction of sp³-hybridized carbons (Fsp3) is 0.750. The number of anilines is 1. The Morgan fingerprint density at radius 3 is 2.18 bits per heavy atom. The molecule has 4 heterocycles. The Morgan fingerprint density at radius 1 is 0.982 bits per heavy atom. The van der Waals surface area contributed by atoms with Gasteiger partial charge in [-0.2, -0.15) is 4.98 Å². The van der Waals surface area contributed by atoms with Crippen molar-refractivity contribution in [3.05, 3.63) is 65.3 Å². The lowest BCUT2D eigenvalue weighted by atomic mass is 9.86. The van der Waals surface area contributed by atoms with E-state index in [9.17, 15) is 39.1 Å². The minimum absolute atomic E-state index is 0.0918. The molecule has 6 unspecified atom stereocenters. The molecular formula is C36H57N8O10P. The molecule has 0 spiro atoms. The fourth-order valence-electron chi connectivity index (χ4n) is 7.51. The highest BCUT2D eigenvalue weighted by atomic mass is 31.2. The number of aromatic amines is 1. The Kier molecular flexibility index (Phi) is 16.4. The lowest BCUT2D eigenvalue weighted by molar-refractivity contribution is -0.174. The van der Waals surface area contributed by atoms with Crippen molar-refractivity contribution in [1.29, 1.82) is 0 Å². The number of aromatic nitrogens is 4. The quantitative estimate of drug-likeness (QED) is 0.0336. The van der Waals surface area contributed by atoms with E-state index in [1.807, 2.05) is 0 Å². The molecule has 2 saturated heterocycles. The zero-order valence-corrected chi connectivity index (χ0v) is 33.2. The van der Waals surface area contributed by atoms with Gasteiger partial charge >= 0.3 is 19.2 Å². The second-order valence-electron chi connectivity index (χ2n) is 14.9. The number of aryl methyl sites for hydroxylation is 2. The van der Waals surface area contributed by atoms with Crippen molar-refractivity contribution >= 4 is 19.5 Å². The Bertz CT molecular complexity index is 1870. The molecule has 19 heteroatoms. The summed E-state index contributed by atoms with van der Waals surface area (Å²) in [6.45, 7) is 6.75. The topological polar surface area (TPSA) is 253 Å². The predicted molar refractivity (Wildman–Crippen MR) is 204 cm³/mol. The van der Waals surface area contributed by atoms with E-state index in [1.54, 1.807) is 6.92 Å². The molecule has 2 aromatic rings. The Labute approximate surface area is 320 Å². The van der Waals surface area contributed by atoms with Crippen molar-refractivity contribution in [1.82, 2.24) is 19.1 Å². The van der Waals surface area contributed by atoms with E-state index in [1.165, 1.54) is 88.6 Å². The number of phosphoric ester groups is 1. The largest absolute Gasteiger partial charge is 0.470 e. The standard InChI is InChI=1S/C36H57N8O10P/c1-5-6-7-8-9-10-11-12-13-14-15-16-17-18-28(45)38-32-24(2)22-43(34(47)39-32)29-20-19-27(52-29)36(4,54-55(49,50)51)31-26(41-42-37)21-30(53-31)44-23-25(3)33(46)40-35(44)48/h22-23,26-27,29-31H,5-21H2,1-4H3,(H,40,46,48)(H2,49,50,51)(H,38,39,45,47). The highest BCUT2D eigenvalue weighted by Crippen LogP contribution is 2.51. The van der Waals surface area contributed by atoms with Crippen LogP contribution in [0.2, 0.25) is 0 Å². The van der Waals surface area contributed by atoms with Crippen LogP contribution in [0, 0.1) is 13.8 Å². The first-order valence-electron chi connectivity index (χ1n) is 19.5. The Hall–Kier alpha value is -3.63. The van der Waals surface area contributed by atoms with Crippen molar-refractivity contribution in [2.24, 2.45) is 5.11 Å². The van der Waals surface area contributed by atoms with Crippen LogP contribution in [0.25, 0.3) is 10.4 Å². The average molecular weight is 793 g/mol. The smallest absolute Gasteiger partial charge is 0.352 e. The van der Waals surface area contributed by atoms with Crippen molar-refractivity contribution in [3.63, 3.8) is 0 Å². The second-order valence-corrected chi connectivity index (χ2v) is 16.1. The maximum Gasteiger partial charge on any atom is 0.470 e. The maximum atomic E-state index is 13.2. The summed E-state index contributed by atoms with van der Waals surface area (Å²) in [6, 6.07) is -1.08. The summed E-state index contributed by atoms with van der Waals surface area (Å²) in [5, 5.41) is 6.53. The van der Waals surface area contributed by atoms with Gasteiger partial charge in [-0.15, -0.1) is 0 Å². The zero-order valence-electron chi connectivity index (χ0n) is 32.4. The molecule has 0 aliphatic carbocycles. The number of nitrogens with one attached hydrogen (secondary N) is 2. The number of carbonyl (C=O) groups is 1. The highest BCUT2D eigenvalue weighted by molar-refractivity contribution is 7.46. The van der Waals surface area contributed by atoms with Gasteiger partial charge in [-0.25, -0.2) is 14.2 Å². The minimum atomic E-state index is -5.24. The summed E-state index contributed by atoms with van der Waals surface area (Å²) in [5.41, 5.74) is 6.00. The lowest BCUT2D eigenvalue weighted by Gasteiger charge is -2.40. The van der Waals surface area contributed by atoms with Crippen molar-refractivity contribution in [2.75, 3.05) is 5.32 Å². The van der Waals surface area contributed by atoms with Gasteiger partial charge in [0, 0.05) is 41.3 Å². The summed E-state index contributed by atoms with van der Waals surface area (Å²) < 4.78 is 32.4. The molecule has 2 aliphatic heterocycles. The number of phosphoric acid groups is 1. The van der Waals surface area contributed by atoms with E-state index in [4.69, 9.17) is 14.0 Å². The molecule has 18 nitrogen and oxygen atoms in total. The van der Waals surface area contributed by atoms with Gasteiger partial charge in [-0.1, -0.05) is 89.1 Å². The SMILES string of the molecule is CCCCCCCCCCCCCCCC(=O)Nc1nc(=O)n(C2CCC(C(C)(OP(=O)(O)O)C3OC(n4cc(C)c(=O)[nH]c4=O)CC3N=[N+]=[N-])O2)cc1C. The molecule has 4 rings (SSSR count). The number of nitrogens with zero attached hydrogens (tertiary/aromatic N) is 6. The van der Waals surface area contributed by atoms with Crippen LogP contribution in [0.15, 0.2) is 31.9 Å². The third-order valence-corrected chi connectivity index (χ3v) is 11.1. The van der Waals surface area contributed by atoms with Crippen LogP contribution in [0.3, 0.4) is 0 Å². The maximum absolute atomic E-state index is 13.2. The van der Waals surface area contributed by atoms with Gasteiger partial charge in [0.2, 0.25) is 5.91 Å². The first-order chi connectivity index (χ1) is 26.2. The van der Waals surface area contributed by atoms with Gasteiger partial charge in [0.1, 0.15) is 30.0 Å². The molecule has 6 atom stereocenters. The average Bonchev–Trinajstić information content (AvgIpc) is 3.78. The monoisotopic (exact) mass is 792 g/mol. The van der Waals surface area contributed by atoms with Gasteiger partial charge in [-0.05, 0) is 45.6 Å². The van der Waals surface area contributed by atoms with Crippen molar-refractivity contribution < 1.29 is 33.1 Å². The van der Waals surface area contributed by atoms with Crippen LogP contribution >= 0.6 is 7.82 Å². The Morgan fingerprint density at radius 2 is 1.58 bits per heavy atom. The van der Waals surface area contributed by atoms with Crippen LogP contribution in [0.1, 0.15) is 147 Å². The number of ether oxygens (including phenoxy) is 2. The molecule has 0 saturated carbocycles. The highest BCUT2D eigenvalue weighted by Gasteiger charge is 2.57. The fourth-order valence-corrected chi connectivity index (χ4v) is 8.24. The molecule has 0 bridgehead atoms. The number of amides is 1. The molecule has 2 aromatic heterocycles. The number of H-pyrrole nitrogens is 1. The van der Waals surface area contributed by atoms with Gasteiger partial charge in [0.25, 0.3) is 5.56 Å². The van der Waals surface area contributed by atoms with Gasteiger partial charge in [0.05, 0.1) is 12.1 Å². The van der Waals surface area contributed by atoms with E-state index in [0.717, 1.165) is 30.3 Å². The first-order valence-corrected chi connectivity index (χ1v) is 21.0.